The molecule has 0 radical (unpaired) electrons. The molecule has 0 aromatic heterocycles. The number of rotatable bonds is 5. The molecular weight excluding hydrogens is 367 g/mol. The molecule has 6 heteroatoms. The number of nitrogens with zero attached hydrogens (tertiary/aromatic N) is 2. The molecule has 1 fully saturated rings. The molecule has 2 amide bonds. The molecule has 1 aliphatic rings. The van der Waals surface area contributed by atoms with Crippen molar-refractivity contribution in [1.82, 2.24) is 10.2 Å². The van der Waals surface area contributed by atoms with E-state index in [9.17, 15) is 9.18 Å². The van der Waals surface area contributed by atoms with E-state index in [0.29, 0.717) is 6.54 Å². The van der Waals surface area contributed by atoms with E-state index in [1.165, 1.54) is 17.7 Å². The van der Waals surface area contributed by atoms with Gasteiger partial charge in [-0.25, -0.2) is 9.18 Å². The molecule has 0 bridgehead atoms. The van der Waals surface area contributed by atoms with Crippen molar-refractivity contribution in [2.75, 3.05) is 49.5 Å². The molecule has 0 atom stereocenters. The van der Waals surface area contributed by atoms with Gasteiger partial charge in [0.15, 0.2) is 0 Å². The normalized spacial score (nSPS) is 15.2. The Balaban J connectivity index is 1.36. The molecule has 1 heterocycles. The number of hydrogen-bond acceptors (Lipinski definition) is 3. The molecule has 29 heavy (non-hydrogen) atoms. The molecule has 1 saturated heterocycles. The third-order valence-corrected chi connectivity index (χ3v) is 5.29. The SMILES string of the molecule is CC(C)(C)c1ccc(NC(=O)NCCN2CCN(c3ccc(F)cc3)CC2)cc1. The zero-order valence-electron chi connectivity index (χ0n) is 17.5. The lowest BCUT2D eigenvalue weighted by Crippen LogP contribution is -2.48. The quantitative estimate of drug-likeness (QED) is 0.798. The summed E-state index contributed by atoms with van der Waals surface area (Å²) in [6.45, 7) is 11.6. The molecule has 2 aromatic rings. The topological polar surface area (TPSA) is 47.6 Å². The van der Waals surface area contributed by atoms with Gasteiger partial charge in [-0.1, -0.05) is 32.9 Å². The predicted octanol–water partition coefficient (Wildman–Crippen LogP) is 4.07. The second kappa shape index (κ2) is 9.27. The lowest BCUT2D eigenvalue weighted by Gasteiger charge is -2.36. The molecule has 2 aromatic carbocycles. The Hall–Kier alpha value is -2.60. The van der Waals surface area contributed by atoms with Crippen LogP contribution in [0, 0.1) is 5.82 Å². The van der Waals surface area contributed by atoms with E-state index in [-0.39, 0.29) is 17.3 Å². The van der Waals surface area contributed by atoms with Crippen LogP contribution in [0.25, 0.3) is 0 Å². The van der Waals surface area contributed by atoms with Gasteiger partial charge in [-0.3, -0.25) is 4.90 Å². The number of amides is 2. The lowest BCUT2D eigenvalue weighted by atomic mass is 9.87. The Bertz CT molecular complexity index is 791. The predicted molar refractivity (Wildman–Crippen MR) is 117 cm³/mol. The highest BCUT2D eigenvalue weighted by molar-refractivity contribution is 5.89. The smallest absolute Gasteiger partial charge is 0.319 e. The van der Waals surface area contributed by atoms with Crippen LogP contribution in [0.1, 0.15) is 26.3 Å². The van der Waals surface area contributed by atoms with Crippen LogP contribution < -0.4 is 15.5 Å². The van der Waals surface area contributed by atoms with Gasteiger partial charge in [-0.05, 0) is 47.4 Å². The maximum atomic E-state index is 13.1. The van der Waals surface area contributed by atoms with Crippen molar-refractivity contribution in [3.05, 3.63) is 59.9 Å². The number of benzene rings is 2. The van der Waals surface area contributed by atoms with Gasteiger partial charge in [0, 0.05) is 50.6 Å². The van der Waals surface area contributed by atoms with Crippen LogP contribution in [0.3, 0.4) is 0 Å². The first-order valence-corrected chi connectivity index (χ1v) is 10.2. The summed E-state index contributed by atoms with van der Waals surface area (Å²) < 4.78 is 13.1. The van der Waals surface area contributed by atoms with E-state index in [4.69, 9.17) is 0 Å². The van der Waals surface area contributed by atoms with Gasteiger partial charge in [0.2, 0.25) is 0 Å². The number of halogens is 1. The Labute approximate surface area is 172 Å². The second-order valence-electron chi connectivity index (χ2n) is 8.51. The molecule has 1 aliphatic heterocycles. The molecule has 0 spiro atoms. The highest BCUT2D eigenvalue weighted by Crippen LogP contribution is 2.23. The zero-order chi connectivity index (χ0) is 20.9. The van der Waals surface area contributed by atoms with Crippen molar-refractivity contribution in [3.63, 3.8) is 0 Å². The Morgan fingerprint density at radius 3 is 2.17 bits per heavy atom. The van der Waals surface area contributed by atoms with Gasteiger partial charge in [0.25, 0.3) is 0 Å². The van der Waals surface area contributed by atoms with Crippen molar-refractivity contribution >= 4 is 17.4 Å². The first-order valence-electron chi connectivity index (χ1n) is 10.2. The summed E-state index contributed by atoms with van der Waals surface area (Å²) in [4.78, 5) is 16.7. The van der Waals surface area contributed by atoms with Gasteiger partial charge in [-0.15, -0.1) is 0 Å². The standard InChI is InChI=1S/C23H31FN4O/c1-23(2,3)18-4-8-20(9-5-18)26-22(29)25-12-13-27-14-16-28(17-15-27)21-10-6-19(24)7-11-21/h4-11H,12-17H2,1-3H3,(H2,25,26,29). The van der Waals surface area contributed by atoms with Gasteiger partial charge in [0.05, 0.1) is 0 Å². The fourth-order valence-electron chi connectivity index (χ4n) is 3.44. The van der Waals surface area contributed by atoms with Crippen LogP contribution in [-0.2, 0) is 5.41 Å². The molecule has 156 valence electrons. The van der Waals surface area contributed by atoms with E-state index in [2.05, 4.69) is 53.3 Å². The summed E-state index contributed by atoms with van der Waals surface area (Å²) in [6.07, 6.45) is 0. The van der Waals surface area contributed by atoms with E-state index < -0.39 is 0 Å². The van der Waals surface area contributed by atoms with Crippen LogP contribution in [0.5, 0.6) is 0 Å². The number of hydrogen-bond donors (Lipinski definition) is 2. The van der Waals surface area contributed by atoms with Gasteiger partial charge >= 0.3 is 6.03 Å². The number of urea groups is 1. The first-order chi connectivity index (χ1) is 13.8. The van der Waals surface area contributed by atoms with Crippen LogP contribution >= 0.6 is 0 Å². The van der Waals surface area contributed by atoms with Crippen molar-refractivity contribution < 1.29 is 9.18 Å². The maximum Gasteiger partial charge on any atom is 0.319 e. The minimum absolute atomic E-state index is 0.0987. The molecular formula is C23H31FN4O. The van der Waals surface area contributed by atoms with Gasteiger partial charge < -0.3 is 15.5 Å². The average Bonchev–Trinajstić information content (AvgIpc) is 2.69. The maximum absolute atomic E-state index is 13.1. The van der Waals surface area contributed by atoms with Crippen molar-refractivity contribution in [1.29, 1.82) is 0 Å². The highest BCUT2D eigenvalue weighted by Gasteiger charge is 2.17. The van der Waals surface area contributed by atoms with Gasteiger partial charge in [0.1, 0.15) is 5.82 Å². The number of piperazine rings is 1. The number of anilines is 2. The summed E-state index contributed by atoms with van der Waals surface area (Å²) >= 11 is 0. The fourth-order valence-corrected chi connectivity index (χ4v) is 3.44. The largest absolute Gasteiger partial charge is 0.369 e. The highest BCUT2D eigenvalue weighted by atomic mass is 19.1. The van der Waals surface area contributed by atoms with Crippen molar-refractivity contribution in [2.45, 2.75) is 26.2 Å². The van der Waals surface area contributed by atoms with Crippen LogP contribution in [0.4, 0.5) is 20.6 Å². The van der Waals surface area contributed by atoms with Crippen LogP contribution in [-0.4, -0.2) is 50.2 Å². The van der Waals surface area contributed by atoms with E-state index in [0.717, 1.165) is 44.1 Å². The monoisotopic (exact) mass is 398 g/mol. The van der Waals surface area contributed by atoms with Crippen molar-refractivity contribution in [2.24, 2.45) is 0 Å². The zero-order valence-corrected chi connectivity index (χ0v) is 17.5. The number of carbonyl (C=O) groups excluding carboxylic acids is 1. The minimum Gasteiger partial charge on any atom is -0.369 e. The molecule has 0 saturated carbocycles. The van der Waals surface area contributed by atoms with Gasteiger partial charge in [-0.2, -0.15) is 0 Å². The number of carbonyl (C=O) groups is 1. The van der Waals surface area contributed by atoms with E-state index in [1.807, 2.05) is 24.3 Å². The molecule has 3 rings (SSSR count). The summed E-state index contributed by atoms with van der Waals surface area (Å²) in [5.74, 6) is -0.207. The van der Waals surface area contributed by atoms with Crippen LogP contribution in [0.15, 0.2) is 48.5 Å². The second-order valence-corrected chi connectivity index (χ2v) is 8.51. The third-order valence-electron chi connectivity index (χ3n) is 5.29. The molecule has 0 unspecified atom stereocenters. The summed E-state index contributed by atoms with van der Waals surface area (Å²) in [5, 5.41) is 5.81. The summed E-state index contributed by atoms with van der Waals surface area (Å²) in [5.41, 5.74) is 3.19. The lowest BCUT2D eigenvalue weighted by molar-refractivity contribution is 0.240. The Morgan fingerprint density at radius 2 is 1.59 bits per heavy atom. The number of nitrogens with one attached hydrogen (secondary N) is 2. The Morgan fingerprint density at radius 1 is 0.966 bits per heavy atom. The summed E-state index contributed by atoms with van der Waals surface area (Å²) in [7, 11) is 0. The molecule has 2 N–H and O–H groups in total. The summed E-state index contributed by atoms with van der Waals surface area (Å²) in [6, 6.07) is 14.5. The Kier molecular flexibility index (Phi) is 6.75. The fraction of sp³-hybridized carbons (Fsp3) is 0.435. The average molecular weight is 399 g/mol. The minimum atomic E-state index is -0.207. The van der Waals surface area contributed by atoms with E-state index >= 15 is 0 Å². The van der Waals surface area contributed by atoms with Crippen molar-refractivity contribution in [3.8, 4) is 0 Å². The third kappa shape index (κ3) is 6.19. The molecule has 0 aliphatic carbocycles. The van der Waals surface area contributed by atoms with E-state index in [1.54, 1.807) is 0 Å². The van der Waals surface area contributed by atoms with Crippen LogP contribution in [0.2, 0.25) is 0 Å². The molecule has 5 nitrogen and oxygen atoms in total. The first kappa shape index (κ1) is 21.1.